The highest BCUT2D eigenvalue weighted by molar-refractivity contribution is 5.95. The lowest BCUT2D eigenvalue weighted by Gasteiger charge is -2.14. The Bertz CT molecular complexity index is 442. The predicted molar refractivity (Wildman–Crippen MR) is 67.8 cm³/mol. The van der Waals surface area contributed by atoms with Gasteiger partial charge in [0.2, 0.25) is 0 Å². The highest BCUT2D eigenvalue weighted by Crippen LogP contribution is 2.17. The van der Waals surface area contributed by atoms with Gasteiger partial charge in [-0.15, -0.1) is 0 Å². The molecule has 1 heterocycles. The Labute approximate surface area is 106 Å². The van der Waals surface area contributed by atoms with E-state index in [-0.39, 0.29) is 12.0 Å². The number of anilines is 1. The van der Waals surface area contributed by atoms with Crippen molar-refractivity contribution in [3.05, 3.63) is 29.8 Å². The molecule has 96 valence electrons. The molecule has 0 spiro atoms. The Balaban J connectivity index is 2.05. The van der Waals surface area contributed by atoms with Crippen LogP contribution in [0.5, 0.6) is 0 Å². The monoisotopic (exact) mass is 248 g/mol. The minimum absolute atomic E-state index is 0.101. The van der Waals surface area contributed by atoms with Crippen molar-refractivity contribution in [1.29, 1.82) is 0 Å². The Morgan fingerprint density at radius 1 is 1.39 bits per heavy atom. The molecule has 0 aromatic heterocycles. The van der Waals surface area contributed by atoms with Crippen molar-refractivity contribution in [2.24, 2.45) is 0 Å². The summed E-state index contributed by atoms with van der Waals surface area (Å²) < 4.78 is 5.03. The number of ether oxygens (including phenoxy) is 1. The van der Waals surface area contributed by atoms with Crippen molar-refractivity contribution < 1.29 is 14.3 Å². The van der Waals surface area contributed by atoms with E-state index in [1.165, 1.54) is 0 Å². The molecule has 5 heteroatoms. The summed E-state index contributed by atoms with van der Waals surface area (Å²) >= 11 is 0. The summed E-state index contributed by atoms with van der Waals surface area (Å²) in [5.41, 5.74) is 1.30. The van der Waals surface area contributed by atoms with Crippen molar-refractivity contribution >= 4 is 17.7 Å². The number of amides is 2. The molecule has 0 aliphatic carbocycles. The van der Waals surface area contributed by atoms with Gasteiger partial charge in [0, 0.05) is 18.8 Å². The van der Waals surface area contributed by atoms with E-state index in [0.717, 1.165) is 12.1 Å². The van der Waals surface area contributed by atoms with Crippen LogP contribution in [0.1, 0.15) is 23.7 Å². The maximum Gasteiger partial charge on any atom is 0.338 e. The van der Waals surface area contributed by atoms with Gasteiger partial charge in [-0.1, -0.05) is 6.92 Å². The number of carbonyl (C=O) groups is 2. The molecule has 5 nitrogen and oxygen atoms in total. The normalized spacial score (nSPS) is 14.5. The zero-order valence-electron chi connectivity index (χ0n) is 10.3. The van der Waals surface area contributed by atoms with E-state index in [4.69, 9.17) is 4.74 Å². The Hall–Kier alpha value is -2.04. The number of rotatable bonds is 4. The molecule has 0 unspecified atom stereocenters. The number of benzene rings is 1. The maximum atomic E-state index is 11.6. The third kappa shape index (κ3) is 2.61. The Morgan fingerprint density at radius 3 is 2.67 bits per heavy atom. The van der Waals surface area contributed by atoms with E-state index in [2.05, 4.69) is 5.32 Å². The summed E-state index contributed by atoms with van der Waals surface area (Å²) in [6, 6.07) is 6.77. The first-order valence-electron chi connectivity index (χ1n) is 6.05. The summed E-state index contributed by atoms with van der Waals surface area (Å²) in [5.74, 6) is -0.325. The molecule has 0 saturated carbocycles. The second-order valence-corrected chi connectivity index (χ2v) is 4.07. The minimum Gasteiger partial charge on any atom is -0.462 e. The molecule has 1 aromatic carbocycles. The van der Waals surface area contributed by atoms with Gasteiger partial charge in [0.1, 0.15) is 0 Å². The molecule has 0 atom stereocenters. The van der Waals surface area contributed by atoms with Crippen LogP contribution in [0, 0.1) is 0 Å². The molecule has 1 aliphatic heterocycles. The van der Waals surface area contributed by atoms with Crippen LogP contribution in [0.15, 0.2) is 24.3 Å². The first-order chi connectivity index (χ1) is 8.72. The topological polar surface area (TPSA) is 58.6 Å². The van der Waals surface area contributed by atoms with E-state index in [9.17, 15) is 9.59 Å². The molecule has 1 saturated heterocycles. The number of esters is 1. The highest BCUT2D eigenvalue weighted by atomic mass is 16.5. The SMILES string of the molecule is CCCOC(=O)c1ccc(N2CCNC2=O)cc1. The zero-order chi connectivity index (χ0) is 13.0. The van der Waals surface area contributed by atoms with Gasteiger partial charge < -0.3 is 10.1 Å². The minimum atomic E-state index is -0.325. The van der Waals surface area contributed by atoms with E-state index in [0.29, 0.717) is 25.3 Å². The Morgan fingerprint density at radius 2 is 2.11 bits per heavy atom. The van der Waals surface area contributed by atoms with Crippen LogP contribution in [0.3, 0.4) is 0 Å². The number of hydrogen-bond donors (Lipinski definition) is 1. The van der Waals surface area contributed by atoms with Gasteiger partial charge in [-0.2, -0.15) is 0 Å². The molecule has 2 rings (SSSR count). The quantitative estimate of drug-likeness (QED) is 0.826. The van der Waals surface area contributed by atoms with Gasteiger partial charge in [0.25, 0.3) is 0 Å². The average Bonchev–Trinajstić information content (AvgIpc) is 2.82. The van der Waals surface area contributed by atoms with Crippen LogP contribution in [0.25, 0.3) is 0 Å². The van der Waals surface area contributed by atoms with Gasteiger partial charge >= 0.3 is 12.0 Å². The third-order valence-corrected chi connectivity index (χ3v) is 2.71. The number of nitrogens with zero attached hydrogens (tertiary/aromatic N) is 1. The molecule has 1 fully saturated rings. The third-order valence-electron chi connectivity index (χ3n) is 2.71. The lowest BCUT2D eigenvalue weighted by molar-refractivity contribution is 0.0505. The van der Waals surface area contributed by atoms with E-state index in [1.807, 2.05) is 6.92 Å². The molecule has 1 aliphatic rings. The summed E-state index contributed by atoms with van der Waals surface area (Å²) in [6.45, 7) is 3.68. The van der Waals surface area contributed by atoms with E-state index < -0.39 is 0 Å². The first-order valence-corrected chi connectivity index (χ1v) is 6.05. The average molecular weight is 248 g/mol. The Kier molecular flexibility index (Phi) is 3.82. The zero-order valence-corrected chi connectivity index (χ0v) is 10.3. The van der Waals surface area contributed by atoms with Crippen molar-refractivity contribution in [1.82, 2.24) is 5.32 Å². The fourth-order valence-corrected chi connectivity index (χ4v) is 1.77. The van der Waals surface area contributed by atoms with Crippen LogP contribution in [0.2, 0.25) is 0 Å². The molecule has 0 bridgehead atoms. The van der Waals surface area contributed by atoms with Crippen molar-refractivity contribution in [2.45, 2.75) is 13.3 Å². The van der Waals surface area contributed by atoms with Crippen LogP contribution >= 0.6 is 0 Å². The van der Waals surface area contributed by atoms with Gasteiger partial charge in [0.05, 0.1) is 12.2 Å². The van der Waals surface area contributed by atoms with Crippen LogP contribution in [-0.4, -0.2) is 31.7 Å². The van der Waals surface area contributed by atoms with Gasteiger partial charge in [0.15, 0.2) is 0 Å². The number of urea groups is 1. The molecule has 1 aromatic rings. The fourth-order valence-electron chi connectivity index (χ4n) is 1.77. The summed E-state index contributed by atoms with van der Waals surface area (Å²) in [7, 11) is 0. The van der Waals surface area contributed by atoms with Gasteiger partial charge in [-0.3, -0.25) is 4.90 Å². The number of carbonyl (C=O) groups excluding carboxylic acids is 2. The lowest BCUT2D eigenvalue weighted by atomic mass is 10.2. The van der Waals surface area contributed by atoms with Crippen LogP contribution in [0.4, 0.5) is 10.5 Å². The second kappa shape index (κ2) is 5.53. The molecular formula is C13H16N2O3. The largest absolute Gasteiger partial charge is 0.462 e. The molecule has 18 heavy (non-hydrogen) atoms. The summed E-state index contributed by atoms with van der Waals surface area (Å²) in [4.78, 5) is 24.7. The predicted octanol–water partition coefficient (Wildman–Crippen LogP) is 1.78. The van der Waals surface area contributed by atoms with Crippen molar-refractivity contribution in [3.8, 4) is 0 Å². The molecule has 0 radical (unpaired) electrons. The maximum absolute atomic E-state index is 11.6. The van der Waals surface area contributed by atoms with E-state index in [1.54, 1.807) is 29.2 Å². The summed E-state index contributed by atoms with van der Waals surface area (Å²) in [6.07, 6.45) is 0.803. The first kappa shape index (κ1) is 12.4. The van der Waals surface area contributed by atoms with Gasteiger partial charge in [-0.05, 0) is 30.7 Å². The summed E-state index contributed by atoms with van der Waals surface area (Å²) in [5, 5.41) is 2.73. The number of nitrogens with one attached hydrogen (secondary N) is 1. The standard InChI is InChI=1S/C13H16N2O3/c1-2-9-18-12(16)10-3-5-11(6-4-10)15-8-7-14-13(15)17/h3-6H,2,7-9H2,1H3,(H,14,17). The second-order valence-electron chi connectivity index (χ2n) is 4.07. The smallest absolute Gasteiger partial charge is 0.338 e. The molecular weight excluding hydrogens is 232 g/mol. The van der Waals surface area contributed by atoms with Gasteiger partial charge in [-0.25, -0.2) is 9.59 Å². The molecule has 1 N–H and O–H groups in total. The lowest BCUT2D eigenvalue weighted by Crippen LogP contribution is -2.27. The van der Waals surface area contributed by atoms with Crippen molar-refractivity contribution in [3.63, 3.8) is 0 Å². The number of hydrogen-bond acceptors (Lipinski definition) is 3. The molecule has 2 amide bonds. The van der Waals surface area contributed by atoms with Crippen LogP contribution < -0.4 is 10.2 Å². The van der Waals surface area contributed by atoms with Crippen molar-refractivity contribution in [2.75, 3.05) is 24.6 Å². The highest BCUT2D eigenvalue weighted by Gasteiger charge is 2.21. The van der Waals surface area contributed by atoms with E-state index >= 15 is 0 Å². The fraction of sp³-hybridized carbons (Fsp3) is 0.385. The van der Waals surface area contributed by atoms with Crippen LogP contribution in [-0.2, 0) is 4.74 Å².